The summed E-state index contributed by atoms with van der Waals surface area (Å²) in [4.78, 5) is 4.25. The van der Waals surface area contributed by atoms with Crippen molar-refractivity contribution < 1.29 is 51.4 Å². The topological polar surface area (TPSA) is 39.0 Å². The van der Waals surface area contributed by atoms with Crippen molar-refractivity contribution in [3.05, 3.63) is 23.1 Å². The van der Waals surface area contributed by atoms with Crippen molar-refractivity contribution in [2.24, 2.45) is 0 Å². The fourth-order valence-electron chi connectivity index (χ4n) is 1.01. The van der Waals surface area contributed by atoms with Gasteiger partial charge in [-0.05, 0) is 13.0 Å². The molecule has 0 amide bonds. The molecule has 0 fully saturated rings. The maximum absolute atomic E-state index is 4.25. The van der Waals surface area contributed by atoms with Gasteiger partial charge in [0.15, 0.2) is 0 Å². The van der Waals surface area contributed by atoms with E-state index in [1.54, 1.807) is 0 Å². The molecule has 4 heteroatoms. The van der Waals surface area contributed by atoms with Gasteiger partial charge in [-0.3, -0.25) is 0 Å². The molecule has 0 saturated heterocycles. The zero-order chi connectivity index (χ0) is 6.97. The fraction of sp³-hybridized carbons (Fsp3) is 0.286. The van der Waals surface area contributed by atoms with E-state index in [9.17, 15) is 0 Å². The molecule has 0 aliphatic carbocycles. The van der Waals surface area contributed by atoms with Crippen LogP contribution >= 0.6 is 0 Å². The Morgan fingerprint density at radius 1 is 1.55 bits per heavy atom. The average molecular weight is 173 g/mol. The number of pyridine rings is 1. The molecule has 0 bridgehead atoms. The van der Waals surface area contributed by atoms with E-state index in [1.165, 1.54) is 0 Å². The first-order chi connectivity index (χ1) is 4.86. The molecular formula is C7H8KN3. The smallest absolute Gasteiger partial charge is 0.665 e. The van der Waals surface area contributed by atoms with Crippen molar-refractivity contribution in [1.29, 1.82) is 0 Å². The fourth-order valence-corrected chi connectivity index (χ4v) is 1.01. The Morgan fingerprint density at radius 3 is 3.18 bits per heavy atom. The van der Waals surface area contributed by atoms with Gasteiger partial charge in [0.05, 0.1) is 0 Å². The molecule has 0 atom stereocenters. The van der Waals surface area contributed by atoms with Crippen LogP contribution in [0.5, 0.6) is 0 Å². The van der Waals surface area contributed by atoms with Crippen LogP contribution in [0, 0.1) is 6.92 Å². The molecule has 0 unspecified atom stereocenters. The van der Waals surface area contributed by atoms with Gasteiger partial charge in [0, 0.05) is 5.69 Å². The Kier molecular flexibility index (Phi) is 3.33. The zero-order valence-corrected chi connectivity index (χ0v) is 9.88. The minimum Gasteiger partial charge on any atom is -0.665 e. The van der Waals surface area contributed by atoms with Gasteiger partial charge < -0.3 is 10.6 Å². The van der Waals surface area contributed by atoms with Crippen LogP contribution in [-0.2, 0) is 0 Å². The summed E-state index contributed by atoms with van der Waals surface area (Å²) < 4.78 is 0. The summed E-state index contributed by atoms with van der Waals surface area (Å²) in [7, 11) is 0. The number of nitrogens with one attached hydrogen (secondary N) is 1. The number of aromatic nitrogens is 1. The van der Waals surface area contributed by atoms with Crippen molar-refractivity contribution in [2.45, 2.75) is 6.92 Å². The molecule has 0 radical (unpaired) electrons. The van der Waals surface area contributed by atoms with Crippen LogP contribution in [0.2, 0.25) is 0 Å². The van der Waals surface area contributed by atoms with E-state index in [-0.39, 0.29) is 51.4 Å². The minimum absolute atomic E-state index is 0. The molecule has 52 valence electrons. The maximum atomic E-state index is 4.25. The van der Waals surface area contributed by atoms with E-state index >= 15 is 0 Å². The molecule has 1 N–H and O–H groups in total. The largest absolute Gasteiger partial charge is 1.00 e. The summed E-state index contributed by atoms with van der Waals surface area (Å²) >= 11 is 0. The third-order valence-electron chi connectivity index (χ3n) is 1.51. The van der Waals surface area contributed by atoms with Gasteiger partial charge in [-0.1, -0.05) is 18.4 Å². The predicted octanol–water partition coefficient (Wildman–Crippen LogP) is -1.22. The first-order valence-corrected chi connectivity index (χ1v) is 3.25. The maximum Gasteiger partial charge on any atom is 1.00 e. The second-order valence-electron chi connectivity index (χ2n) is 2.31. The van der Waals surface area contributed by atoms with Crippen molar-refractivity contribution >= 4 is 11.5 Å². The van der Waals surface area contributed by atoms with Crippen LogP contribution in [0.3, 0.4) is 0 Å². The normalized spacial score (nSPS) is 12.5. The van der Waals surface area contributed by atoms with Gasteiger partial charge >= 0.3 is 51.4 Å². The van der Waals surface area contributed by atoms with Crippen molar-refractivity contribution in [3.63, 3.8) is 0 Å². The quantitative estimate of drug-likeness (QED) is 0.500. The number of rotatable bonds is 0. The van der Waals surface area contributed by atoms with Gasteiger partial charge in [0.1, 0.15) is 5.82 Å². The van der Waals surface area contributed by atoms with E-state index < -0.39 is 0 Å². The van der Waals surface area contributed by atoms with Crippen molar-refractivity contribution in [1.82, 2.24) is 4.98 Å². The van der Waals surface area contributed by atoms with E-state index in [0.29, 0.717) is 6.67 Å². The van der Waals surface area contributed by atoms with E-state index in [2.05, 4.69) is 15.6 Å². The Hall–Kier alpha value is 0.386. The number of fused-ring (bicyclic) bond motifs is 1. The monoisotopic (exact) mass is 173 g/mol. The predicted molar refractivity (Wildman–Crippen MR) is 40.5 cm³/mol. The number of anilines is 1. The number of hydrogen-bond donors (Lipinski definition) is 1. The van der Waals surface area contributed by atoms with Crippen LogP contribution in [0.25, 0.3) is 5.32 Å². The Morgan fingerprint density at radius 2 is 2.36 bits per heavy atom. The second-order valence-corrected chi connectivity index (χ2v) is 2.31. The molecule has 2 rings (SSSR count). The molecule has 1 aromatic rings. The van der Waals surface area contributed by atoms with Gasteiger partial charge in [-0.15, -0.1) is 0 Å². The van der Waals surface area contributed by atoms with Crippen LogP contribution in [0.15, 0.2) is 12.1 Å². The van der Waals surface area contributed by atoms with E-state index in [1.807, 2.05) is 19.1 Å². The molecule has 0 spiro atoms. The van der Waals surface area contributed by atoms with Crippen LogP contribution in [0.1, 0.15) is 5.69 Å². The van der Waals surface area contributed by atoms with Crippen molar-refractivity contribution in [3.8, 4) is 0 Å². The van der Waals surface area contributed by atoms with Gasteiger partial charge in [-0.2, -0.15) is 0 Å². The Balaban J connectivity index is 0.000000605. The number of nitrogens with zero attached hydrogens (tertiary/aromatic N) is 2. The first kappa shape index (κ1) is 9.47. The Bertz CT molecular complexity index is 262. The molecule has 3 nitrogen and oxygen atoms in total. The summed E-state index contributed by atoms with van der Waals surface area (Å²) in [5.41, 5.74) is 2.01. The molecule has 1 aromatic heterocycles. The van der Waals surface area contributed by atoms with Gasteiger partial charge in [-0.25, -0.2) is 4.98 Å². The van der Waals surface area contributed by atoms with Gasteiger partial charge in [0.25, 0.3) is 0 Å². The first-order valence-electron chi connectivity index (χ1n) is 3.25. The van der Waals surface area contributed by atoms with Gasteiger partial charge in [0.2, 0.25) is 0 Å². The third kappa shape index (κ3) is 1.94. The van der Waals surface area contributed by atoms with E-state index in [0.717, 1.165) is 17.2 Å². The third-order valence-corrected chi connectivity index (χ3v) is 1.51. The van der Waals surface area contributed by atoms with E-state index in [4.69, 9.17) is 0 Å². The molecule has 2 heterocycles. The van der Waals surface area contributed by atoms with Crippen LogP contribution in [0.4, 0.5) is 11.5 Å². The summed E-state index contributed by atoms with van der Waals surface area (Å²) in [6, 6.07) is 3.95. The minimum atomic E-state index is 0. The molecule has 0 aromatic carbocycles. The Labute approximate surface area is 108 Å². The molecule has 0 saturated carbocycles. The SMILES string of the molecule is Cc1ccc2c(n1)NC[N-]2.[K+]. The summed E-state index contributed by atoms with van der Waals surface area (Å²) in [6.07, 6.45) is 0. The summed E-state index contributed by atoms with van der Waals surface area (Å²) in [5.74, 6) is 0.917. The number of hydrogen-bond acceptors (Lipinski definition) is 2. The summed E-state index contributed by atoms with van der Waals surface area (Å²) in [5, 5.41) is 7.23. The second kappa shape index (κ2) is 3.87. The summed E-state index contributed by atoms with van der Waals surface area (Å²) in [6.45, 7) is 2.64. The molecule has 11 heavy (non-hydrogen) atoms. The number of aryl methyl sites for hydroxylation is 1. The van der Waals surface area contributed by atoms with Crippen LogP contribution < -0.4 is 56.7 Å². The standard InChI is InChI=1S/C7H8N3.K/c1-5-2-3-6-7(10-5)9-4-8-6;/h2-3H,4H2,1H3,(H,9,10);/q-1;+1. The van der Waals surface area contributed by atoms with Crippen molar-refractivity contribution in [2.75, 3.05) is 12.0 Å². The zero-order valence-electron chi connectivity index (χ0n) is 6.76. The molecular weight excluding hydrogens is 165 g/mol. The van der Waals surface area contributed by atoms with Crippen LogP contribution in [-0.4, -0.2) is 11.7 Å². The molecule has 1 aliphatic heterocycles. The average Bonchev–Trinajstić information content (AvgIpc) is 2.33. The molecule has 1 aliphatic rings.